The Morgan fingerprint density at radius 1 is 0.947 bits per heavy atom. The molecule has 1 aromatic carbocycles. The lowest BCUT2D eigenvalue weighted by atomic mass is 10.1. The van der Waals surface area contributed by atoms with Crippen molar-refractivity contribution in [3.8, 4) is 11.1 Å². The maximum Gasteiger partial charge on any atom is 0.145 e. The average Bonchev–Trinajstić information content (AvgIpc) is 2.29. The first-order valence-corrected chi connectivity index (χ1v) is 6.73. The second-order valence-electron chi connectivity index (χ2n) is 4.34. The minimum atomic E-state index is 0.346. The minimum Gasteiger partial charge on any atom is -0.302 e. The minimum absolute atomic E-state index is 0.346. The van der Waals surface area contributed by atoms with Crippen molar-refractivity contribution in [1.82, 2.24) is 14.9 Å². The summed E-state index contributed by atoms with van der Waals surface area (Å²) in [5, 5.41) is 1.35. The predicted octanol–water partition coefficient (Wildman–Crippen LogP) is 4.17. The van der Waals surface area contributed by atoms with E-state index >= 15 is 0 Å². The molecule has 0 unspecified atom stereocenters. The molecule has 0 aliphatic rings. The molecule has 2 rings (SSSR count). The molecule has 1 heterocycles. The van der Waals surface area contributed by atoms with Gasteiger partial charge in [-0.3, -0.25) is 0 Å². The monoisotopic (exact) mass is 315 g/mol. The van der Waals surface area contributed by atoms with Crippen LogP contribution in [0.5, 0.6) is 0 Å². The lowest BCUT2D eigenvalue weighted by Crippen LogP contribution is -2.13. The molecule has 6 heteroatoms. The molecule has 2 aromatic rings. The summed E-state index contributed by atoms with van der Waals surface area (Å²) in [5.41, 5.74) is 1.47. The van der Waals surface area contributed by atoms with E-state index < -0.39 is 0 Å². The second kappa shape index (κ2) is 6.06. The van der Waals surface area contributed by atoms with Gasteiger partial charge >= 0.3 is 0 Å². The summed E-state index contributed by atoms with van der Waals surface area (Å²) in [7, 11) is 3.86. The molecule has 0 aliphatic heterocycles. The smallest absolute Gasteiger partial charge is 0.145 e. The van der Waals surface area contributed by atoms with Gasteiger partial charge in [-0.15, -0.1) is 0 Å². The number of rotatable bonds is 3. The van der Waals surface area contributed by atoms with Gasteiger partial charge in [0.15, 0.2) is 0 Å². The summed E-state index contributed by atoms with van der Waals surface area (Å²) in [5.74, 6) is 0.595. The molecule has 1 aromatic heterocycles. The fraction of sp³-hybridized carbons (Fsp3) is 0.231. The molecule has 0 radical (unpaired) electrons. The highest BCUT2D eigenvalue weighted by molar-refractivity contribution is 6.37. The van der Waals surface area contributed by atoms with Crippen molar-refractivity contribution in [2.75, 3.05) is 14.1 Å². The third kappa shape index (κ3) is 3.57. The van der Waals surface area contributed by atoms with Gasteiger partial charge in [0.05, 0.1) is 12.1 Å². The van der Waals surface area contributed by atoms with Gasteiger partial charge in [-0.05, 0) is 31.8 Å². The lowest BCUT2D eigenvalue weighted by molar-refractivity contribution is 0.390. The van der Waals surface area contributed by atoms with E-state index in [4.69, 9.17) is 34.8 Å². The van der Waals surface area contributed by atoms with E-state index in [1.165, 1.54) is 0 Å². The Bertz CT molecular complexity index is 559. The van der Waals surface area contributed by atoms with Crippen LogP contribution in [0.15, 0.2) is 24.3 Å². The van der Waals surface area contributed by atoms with Crippen molar-refractivity contribution < 1.29 is 0 Å². The number of hydrogen-bond acceptors (Lipinski definition) is 3. The molecule has 0 bridgehead atoms. The predicted molar refractivity (Wildman–Crippen MR) is 79.9 cm³/mol. The molecule has 100 valence electrons. The van der Waals surface area contributed by atoms with E-state index in [0.29, 0.717) is 33.3 Å². The molecule has 0 N–H and O–H groups in total. The zero-order valence-electron chi connectivity index (χ0n) is 10.5. The van der Waals surface area contributed by atoms with Crippen molar-refractivity contribution >= 4 is 34.8 Å². The molecule has 19 heavy (non-hydrogen) atoms. The van der Waals surface area contributed by atoms with Crippen molar-refractivity contribution in [3.63, 3.8) is 0 Å². The Morgan fingerprint density at radius 2 is 1.47 bits per heavy atom. The summed E-state index contributed by atoms with van der Waals surface area (Å²) in [6.45, 7) is 0.584. The van der Waals surface area contributed by atoms with Crippen LogP contribution in [0.4, 0.5) is 0 Å². The van der Waals surface area contributed by atoms with Gasteiger partial charge in [0.1, 0.15) is 16.1 Å². The van der Waals surface area contributed by atoms with Crippen molar-refractivity contribution in [3.05, 3.63) is 45.4 Å². The van der Waals surface area contributed by atoms with Gasteiger partial charge < -0.3 is 4.90 Å². The molecular weight excluding hydrogens is 305 g/mol. The molecule has 0 spiro atoms. The summed E-state index contributed by atoms with van der Waals surface area (Å²) in [6, 6.07) is 7.23. The highest BCUT2D eigenvalue weighted by Crippen LogP contribution is 2.33. The highest BCUT2D eigenvalue weighted by atomic mass is 35.5. The van der Waals surface area contributed by atoms with Crippen LogP contribution in [0.3, 0.4) is 0 Å². The van der Waals surface area contributed by atoms with Crippen LogP contribution >= 0.6 is 34.8 Å². The van der Waals surface area contributed by atoms with Crippen LogP contribution in [0.1, 0.15) is 5.82 Å². The topological polar surface area (TPSA) is 29.0 Å². The molecule has 0 amide bonds. The summed E-state index contributed by atoms with van der Waals surface area (Å²) in [4.78, 5) is 10.5. The van der Waals surface area contributed by atoms with Crippen LogP contribution in [-0.2, 0) is 6.54 Å². The highest BCUT2D eigenvalue weighted by Gasteiger charge is 2.14. The van der Waals surface area contributed by atoms with Gasteiger partial charge in [0.25, 0.3) is 0 Å². The number of aromatic nitrogens is 2. The second-order valence-corrected chi connectivity index (χ2v) is 5.49. The van der Waals surface area contributed by atoms with E-state index in [-0.39, 0.29) is 0 Å². The average molecular weight is 317 g/mol. The maximum absolute atomic E-state index is 6.21. The van der Waals surface area contributed by atoms with Crippen molar-refractivity contribution in [2.24, 2.45) is 0 Å². The summed E-state index contributed by atoms with van der Waals surface area (Å²) in [6.07, 6.45) is 0. The van der Waals surface area contributed by atoms with Gasteiger partial charge in [-0.25, -0.2) is 9.97 Å². The van der Waals surface area contributed by atoms with Crippen molar-refractivity contribution in [2.45, 2.75) is 6.54 Å². The zero-order chi connectivity index (χ0) is 14.0. The largest absolute Gasteiger partial charge is 0.302 e. The Morgan fingerprint density at radius 3 is 1.95 bits per heavy atom. The molecule has 0 saturated heterocycles. The number of halogens is 3. The molecule has 3 nitrogen and oxygen atoms in total. The van der Waals surface area contributed by atoms with Crippen molar-refractivity contribution in [1.29, 1.82) is 0 Å². The number of hydrogen-bond donors (Lipinski definition) is 0. The van der Waals surface area contributed by atoms with Gasteiger partial charge in [0, 0.05) is 5.02 Å². The standard InChI is InChI=1S/C13H12Cl3N3/c1-19(2)7-10-17-12(15)11(13(16)18-10)8-3-5-9(14)6-4-8/h3-6H,7H2,1-2H3. The molecule has 0 atom stereocenters. The Labute approximate surface area is 127 Å². The summed E-state index contributed by atoms with van der Waals surface area (Å²) >= 11 is 18.3. The quantitative estimate of drug-likeness (QED) is 0.796. The van der Waals surface area contributed by atoms with Crippen LogP contribution < -0.4 is 0 Å². The van der Waals surface area contributed by atoms with Crippen LogP contribution in [-0.4, -0.2) is 29.0 Å². The van der Waals surface area contributed by atoms with E-state index in [1.807, 2.05) is 31.1 Å². The summed E-state index contributed by atoms with van der Waals surface area (Å²) < 4.78 is 0. The third-order valence-corrected chi connectivity index (χ3v) is 3.26. The number of benzene rings is 1. The lowest BCUT2D eigenvalue weighted by Gasteiger charge is -2.11. The van der Waals surface area contributed by atoms with Crippen LogP contribution in [0.25, 0.3) is 11.1 Å². The SMILES string of the molecule is CN(C)Cc1nc(Cl)c(-c2ccc(Cl)cc2)c(Cl)n1. The Hall–Kier alpha value is -0.870. The van der Waals surface area contributed by atoms with Crippen LogP contribution in [0.2, 0.25) is 15.3 Å². The van der Waals surface area contributed by atoms with E-state index in [0.717, 1.165) is 5.56 Å². The van der Waals surface area contributed by atoms with Gasteiger partial charge in [0.2, 0.25) is 0 Å². The van der Waals surface area contributed by atoms with E-state index in [2.05, 4.69) is 9.97 Å². The molecule has 0 saturated carbocycles. The van der Waals surface area contributed by atoms with E-state index in [9.17, 15) is 0 Å². The first kappa shape index (κ1) is 14.5. The van der Waals surface area contributed by atoms with Gasteiger partial charge in [-0.1, -0.05) is 46.9 Å². The molecule has 0 fully saturated rings. The third-order valence-electron chi connectivity index (χ3n) is 2.46. The van der Waals surface area contributed by atoms with E-state index in [1.54, 1.807) is 12.1 Å². The molecular formula is C13H12Cl3N3. The Balaban J connectivity index is 2.44. The normalized spacial score (nSPS) is 11.1. The number of nitrogens with zero attached hydrogens (tertiary/aromatic N) is 3. The van der Waals surface area contributed by atoms with Gasteiger partial charge in [-0.2, -0.15) is 0 Å². The fourth-order valence-electron chi connectivity index (χ4n) is 1.66. The molecule has 0 aliphatic carbocycles. The first-order chi connectivity index (χ1) is 8.97. The first-order valence-electron chi connectivity index (χ1n) is 5.60. The Kier molecular flexibility index (Phi) is 4.63. The fourth-order valence-corrected chi connectivity index (χ4v) is 2.42. The zero-order valence-corrected chi connectivity index (χ0v) is 12.8. The maximum atomic E-state index is 6.21. The van der Waals surface area contributed by atoms with Crippen LogP contribution in [0, 0.1) is 0 Å².